The van der Waals surface area contributed by atoms with E-state index in [9.17, 15) is 9.59 Å². The van der Waals surface area contributed by atoms with Crippen LogP contribution in [0.3, 0.4) is 0 Å². The maximum atomic E-state index is 11.6. The number of carbonyl (C=O) groups excluding carboxylic acids is 1. The first-order chi connectivity index (χ1) is 10.5. The summed E-state index contributed by atoms with van der Waals surface area (Å²) in [6, 6.07) is 9.61. The molecule has 1 aromatic carbocycles. The lowest BCUT2D eigenvalue weighted by Crippen LogP contribution is -2.28. The van der Waals surface area contributed by atoms with Gasteiger partial charge in [0.05, 0.1) is 19.2 Å². The quantitative estimate of drug-likeness (QED) is 0.919. The first-order valence-corrected chi connectivity index (χ1v) is 7.07. The van der Waals surface area contributed by atoms with E-state index in [-0.39, 0.29) is 5.91 Å². The second-order valence-electron chi connectivity index (χ2n) is 4.77. The predicted octanol–water partition coefficient (Wildman–Crippen LogP) is 2.72. The van der Waals surface area contributed by atoms with Gasteiger partial charge in [-0.15, -0.1) is 0 Å². The van der Waals surface area contributed by atoms with Gasteiger partial charge >= 0.3 is 5.63 Å². The molecule has 5 nitrogen and oxygen atoms in total. The number of hydrogen-bond donors (Lipinski definition) is 1. The highest BCUT2D eigenvalue weighted by atomic mass is 35.5. The van der Waals surface area contributed by atoms with Gasteiger partial charge in [-0.2, -0.15) is 0 Å². The van der Waals surface area contributed by atoms with Crippen molar-refractivity contribution in [3.8, 4) is 5.75 Å². The van der Waals surface area contributed by atoms with Crippen molar-refractivity contribution >= 4 is 17.5 Å². The van der Waals surface area contributed by atoms with Crippen LogP contribution in [0.4, 0.5) is 0 Å². The van der Waals surface area contributed by atoms with Gasteiger partial charge in [0, 0.05) is 24.4 Å². The van der Waals surface area contributed by atoms with Crippen LogP contribution in [0.2, 0.25) is 5.02 Å². The summed E-state index contributed by atoms with van der Waals surface area (Å²) >= 11 is 6.15. The molecule has 1 heterocycles. The van der Waals surface area contributed by atoms with Crippen LogP contribution in [0.15, 0.2) is 45.6 Å². The summed E-state index contributed by atoms with van der Waals surface area (Å²) in [5, 5.41) is 3.35. The van der Waals surface area contributed by atoms with Crippen molar-refractivity contribution in [1.29, 1.82) is 0 Å². The number of methoxy groups -OCH3 is 1. The van der Waals surface area contributed by atoms with Gasteiger partial charge in [-0.05, 0) is 11.6 Å². The van der Waals surface area contributed by atoms with Crippen molar-refractivity contribution < 1.29 is 13.9 Å². The molecule has 0 saturated carbocycles. The third kappa shape index (κ3) is 4.11. The lowest BCUT2D eigenvalue weighted by Gasteiger charge is -2.18. The average Bonchev–Trinajstić information content (AvgIpc) is 2.47. The van der Waals surface area contributed by atoms with Gasteiger partial charge in [0.25, 0.3) is 0 Å². The Morgan fingerprint density at radius 2 is 2.09 bits per heavy atom. The van der Waals surface area contributed by atoms with Crippen molar-refractivity contribution in [2.45, 2.75) is 19.4 Å². The summed E-state index contributed by atoms with van der Waals surface area (Å²) in [6.07, 6.45) is 0.398. The molecule has 2 aromatic rings. The van der Waals surface area contributed by atoms with Crippen molar-refractivity contribution in [2.24, 2.45) is 0 Å². The van der Waals surface area contributed by atoms with Crippen LogP contribution >= 0.6 is 11.6 Å². The van der Waals surface area contributed by atoms with Gasteiger partial charge < -0.3 is 14.5 Å². The Morgan fingerprint density at radius 3 is 2.73 bits per heavy atom. The molecule has 22 heavy (non-hydrogen) atoms. The average molecular weight is 322 g/mol. The summed E-state index contributed by atoms with van der Waals surface area (Å²) in [4.78, 5) is 23.0. The molecule has 0 radical (unpaired) electrons. The highest BCUT2D eigenvalue weighted by molar-refractivity contribution is 6.31. The third-order valence-electron chi connectivity index (χ3n) is 3.10. The molecule has 6 heteroatoms. The number of ether oxygens (including phenoxy) is 1. The predicted molar refractivity (Wildman–Crippen MR) is 83.2 cm³/mol. The lowest BCUT2D eigenvalue weighted by atomic mass is 10.0. The van der Waals surface area contributed by atoms with E-state index < -0.39 is 11.7 Å². The molecule has 1 amide bonds. The Kier molecular flexibility index (Phi) is 5.22. The Balaban J connectivity index is 2.38. The molecule has 0 bridgehead atoms. The molecule has 116 valence electrons. The van der Waals surface area contributed by atoms with Crippen LogP contribution in [0, 0.1) is 0 Å². The van der Waals surface area contributed by atoms with Crippen LogP contribution in [0.25, 0.3) is 0 Å². The third-order valence-corrected chi connectivity index (χ3v) is 3.47. The number of benzene rings is 1. The van der Waals surface area contributed by atoms with Crippen molar-refractivity contribution in [2.75, 3.05) is 7.11 Å². The fraction of sp³-hybridized carbons (Fsp3) is 0.250. The van der Waals surface area contributed by atoms with E-state index in [2.05, 4.69) is 5.32 Å². The molecule has 0 aliphatic carbocycles. The molecule has 1 N–H and O–H groups in total. The summed E-state index contributed by atoms with van der Waals surface area (Å²) in [5.41, 5.74) is 0.303. The zero-order valence-corrected chi connectivity index (χ0v) is 13.0. The number of amides is 1. The van der Waals surface area contributed by atoms with Crippen molar-refractivity contribution in [3.63, 3.8) is 0 Å². The van der Waals surface area contributed by atoms with E-state index in [4.69, 9.17) is 20.8 Å². The molecule has 0 unspecified atom stereocenters. The smallest absolute Gasteiger partial charge is 0.339 e. The van der Waals surface area contributed by atoms with Gasteiger partial charge in [0.15, 0.2) is 0 Å². The van der Waals surface area contributed by atoms with Gasteiger partial charge in [0.2, 0.25) is 5.91 Å². The number of nitrogens with one attached hydrogen (secondary N) is 1. The normalized spacial score (nSPS) is 11.8. The van der Waals surface area contributed by atoms with E-state index in [0.717, 1.165) is 5.56 Å². The van der Waals surface area contributed by atoms with E-state index in [1.807, 2.05) is 18.2 Å². The number of halogens is 1. The second kappa shape index (κ2) is 7.13. The van der Waals surface area contributed by atoms with E-state index in [1.54, 1.807) is 12.1 Å². The maximum absolute atomic E-state index is 11.6. The van der Waals surface area contributed by atoms with Crippen molar-refractivity contribution in [1.82, 2.24) is 5.32 Å². The van der Waals surface area contributed by atoms with Gasteiger partial charge in [-0.1, -0.05) is 29.8 Å². The highest BCUT2D eigenvalue weighted by Gasteiger charge is 2.19. The fourth-order valence-corrected chi connectivity index (χ4v) is 2.33. The SMILES string of the molecule is COc1cc([C@H](Cc2ccccc2Cl)NC(C)=O)oc(=O)c1. The summed E-state index contributed by atoms with van der Waals surface area (Å²) in [7, 11) is 1.46. The van der Waals surface area contributed by atoms with Gasteiger partial charge in [0.1, 0.15) is 11.5 Å². The van der Waals surface area contributed by atoms with Crippen LogP contribution in [-0.2, 0) is 11.2 Å². The van der Waals surface area contributed by atoms with E-state index in [0.29, 0.717) is 23.0 Å². The zero-order chi connectivity index (χ0) is 16.1. The first kappa shape index (κ1) is 16.1. The molecule has 1 aromatic heterocycles. The lowest BCUT2D eigenvalue weighted by molar-refractivity contribution is -0.119. The highest BCUT2D eigenvalue weighted by Crippen LogP contribution is 2.24. The molecule has 2 rings (SSSR count). The molecule has 0 fully saturated rings. The largest absolute Gasteiger partial charge is 0.496 e. The molecule has 0 spiro atoms. The number of carbonyl (C=O) groups is 1. The monoisotopic (exact) mass is 321 g/mol. The summed E-state index contributed by atoms with van der Waals surface area (Å²) < 4.78 is 10.3. The molecule has 0 saturated heterocycles. The Labute approximate surface area is 132 Å². The Hall–Kier alpha value is -2.27. The van der Waals surface area contributed by atoms with E-state index >= 15 is 0 Å². The van der Waals surface area contributed by atoms with Gasteiger partial charge in [-0.3, -0.25) is 4.79 Å². The second-order valence-corrected chi connectivity index (χ2v) is 5.17. The van der Waals surface area contributed by atoms with Gasteiger partial charge in [-0.25, -0.2) is 4.79 Å². The molecular formula is C16H16ClNO4. The minimum atomic E-state index is -0.538. The van der Waals surface area contributed by atoms with Crippen LogP contribution in [-0.4, -0.2) is 13.0 Å². The molecular weight excluding hydrogens is 306 g/mol. The summed E-state index contributed by atoms with van der Waals surface area (Å²) in [6.45, 7) is 1.40. The molecule has 0 aliphatic heterocycles. The Bertz CT molecular complexity index is 726. The minimum absolute atomic E-state index is 0.234. The molecule has 1 atom stereocenters. The van der Waals surface area contributed by atoms with Crippen LogP contribution in [0.5, 0.6) is 5.75 Å². The Morgan fingerprint density at radius 1 is 1.36 bits per heavy atom. The molecule has 0 aliphatic rings. The standard InChI is InChI=1S/C16H16ClNO4/c1-10(19)18-14(7-11-5-3-4-6-13(11)17)15-8-12(21-2)9-16(20)22-15/h3-6,8-9,14H,7H2,1-2H3,(H,18,19)/t14-/m0/s1. The van der Waals surface area contributed by atoms with Crippen LogP contribution < -0.4 is 15.7 Å². The zero-order valence-electron chi connectivity index (χ0n) is 12.3. The van der Waals surface area contributed by atoms with E-state index in [1.165, 1.54) is 20.1 Å². The van der Waals surface area contributed by atoms with Crippen molar-refractivity contribution in [3.05, 3.63) is 63.2 Å². The first-order valence-electron chi connectivity index (χ1n) is 6.69. The summed E-state index contributed by atoms with van der Waals surface area (Å²) in [5.74, 6) is 0.461. The number of hydrogen-bond acceptors (Lipinski definition) is 4. The fourth-order valence-electron chi connectivity index (χ4n) is 2.11. The number of rotatable bonds is 5. The minimum Gasteiger partial charge on any atom is -0.496 e. The topological polar surface area (TPSA) is 68.5 Å². The van der Waals surface area contributed by atoms with Crippen LogP contribution in [0.1, 0.15) is 24.3 Å². The maximum Gasteiger partial charge on any atom is 0.339 e.